The number of hydrogen-bond acceptors (Lipinski definition) is 4. The molecule has 1 saturated heterocycles. The van der Waals surface area contributed by atoms with Crippen molar-refractivity contribution in [3.63, 3.8) is 0 Å². The smallest absolute Gasteiger partial charge is 0.354 e. The first-order valence-electron chi connectivity index (χ1n) is 9.72. The zero-order valence-corrected chi connectivity index (χ0v) is 16.3. The third-order valence-electron chi connectivity index (χ3n) is 5.15. The first kappa shape index (κ1) is 21.1. The highest BCUT2D eigenvalue weighted by atomic mass is 19.4. The zero-order chi connectivity index (χ0) is 20.9. The van der Waals surface area contributed by atoms with Crippen LogP contribution in [-0.2, 0) is 17.5 Å². The van der Waals surface area contributed by atoms with Crippen molar-refractivity contribution in [1.82, 2.24) is 15.2 Å². The molecule has 1 aromatic heterocycles. The van der Waals surface area contributed by atoms with Crippen molar-refractivity contribution in [2.45, 2.75) is 32.1 Å². The Bertz CT molecular complexity index is 788. The van der Waals surface area contributed by atoms with Crippen molar-refractivity contribution < 1.29 is 18.0 Å². The topological polar surface area (TPSA) is 48.5 Å². The summed E-state index contributed by atoms with van der Waals surface area (Å²) in [6.07, 6.45) is -2.82. The molecule has 29 heavy (non-hydrogen) atoms. The summed E-state index contributed by atoms with van der Waals surface area (Å²) in [6.45, 7) is 5.00. The molecule has 0 saturated carbocycles. The third kappa shape index (κ3) is 5.47. The molecule has 1 atom stereocenters. The standard InChI is InChI=1S/C21H25F3N4O/c1-2-18(20(29)26-14-16-6-4-3-5-7-16)27-10-12-28(13-11-27)19-9-8-17(15-25-19)21(22,23)24/h3-9,15,18H,2,10-14H2,1H3,(H,26,29)/t18-/m0/s1. The Morgan fingerprint density at radius 1 is 1.10 bits per heavy atom. The summed E-state index contributed by atoms with van der Waals surface area (Å²) >= 11 is 0. The van der Waals surface area contributed by atoms with Crippen molar-refractivity contribution in [3.8, 4) is 0 Å². The molecule has 156 valence electrons. The fraction of sp³-hybridized carbons (Fsp3) is 0.429. The van der Waals surface area contributed by atoms with Crippen LogP contribution in [0.3, 0.4) is 0 Å². The van der Waals surface area contributed by atoms with E-state index in [4.69, 9.17) is 0 Å². The van der Waals surface area contributed by atoms with Crippen LogP contribution in [0.4, 0.5) is 19.0 Å². The Morgan fingerprint density at radius 3 is 2.34 bits per heavy atom. The number of amides is 1. The van der Waals surface area contributed by atoms with E-state index < -0.39 is 11.7 Å². The van der Waals surface area contributed by atoms with Gasteiger partial charge in [-0.3, -0.25) is 9.69 Å². The minimum absolute atomic E-state index is 0.00235. The maximum Gasteiger partial charge on any atom is 0.417 e. The highest BCUT2D eigenvalue weighted by Gasteiger charge is 2.31. The number of aromatic nitrogens is 1. The SMILES string of the molecule is CC[C@@H](C(=O)NCc1ccccc1)N1CCN(c2ccc(C(F)(F)F)cn2)CC1. The number of benzene rings is 1. The molecule has 2 aromatic rings. The van der Waals surface area contributed by atoms with Crippen molar-refractivity contribution >= 4 is 11.7 Å². The van der Waals surface area contributed by atoms with E-state index in [1.54, 1.807) is 0 Å². The molecule has 0 unspecified atom stereocenters. The number of rotatable bonds is 6. The van der Waals surface area contributed by atoms with Crippen LogP contribution in [0, 0.1) is 0 Å². The number of halogens is 3. The molecule has 5 nitrogen and oxygen atoms in total. The molecule has 0 aliphatic carbocycles. The van der Waals surface area contributed by atoms with Crippen LogP contribution in [-0.4, -0.2) is 48.0 Å². The number of carbonyl (C=O) groups is 1. The Morgan fingerprint density at radius 2 is 1.79 bits per heavy atom. The van der Waals surface area contributed by atoms with E-state index in [0.717, 1.165) is 17.8 Å². The highest BCUT2D eigenvalue weighted by Crippen LogP contribution is 2.29. The molecule has 1 fully saturated rings. The van der Waals surface area contributed by atoms with Crippen molar-refractivity contribution in [1.29, 1.82) is 0 Å². The van der Waals surface area contributed by atoms with Crippen LogP contribution >= 0.6 is 0 Å². The molecule has 0 spiro atoms. The lowest BCUT2D eigenvalue weighted by Gasteiger charge is -2.38. The summed E-state index contributed by atoms with van der Waals surface area (Å²) in [4.78, 5) is 20.7. The van der Waals surface area contributed by atoms with Gasteiger partial charge in [0.2, 0.25) is 5.91 Å². The van der Waals surface area contributed by atoms with E-state index in [2.05, 4.69) is 15.2 Å². The summed E-state index contributed by atoms with van der Waals surface area (Å²) in [5.74, 6) is 0.525. The highest BCUT2D eigenvalue weighted by molar-refractivity contribution is 5.81. The molecule has 1 amide bonds. The maximum absolute atomic E-state index is 12.7. The van der Waals surface area contributed by atoms with Crippen LogP contribution < -0.4 is 10.2 Å². The summed E-state index contributed by atoms with van der Waals surface area (Å²) in [5, 5.41) is 3.00. The van der Waals surface area contributed by atoms with Crippen LogP contribution in [0.5, 0.6) is 0 Å². The predicted octanol–water partition coefficient (Wildman–Crippen LogP) is 3.32. The minimum atomic E-state index is -4.38. The summed E-state index contributed by atoms with van der Waals surface area (Å²) in [5.41, 5.74) is 0.301. The van der Waals surface area contributed by atoms with Gasteiger partial charge in [0.05, 0.1) is 11.6 Å². The Balaban J connectivity index is 1.53. The van der Waals surface area contributed by atoms with Crippen LogP contribution in [0.2, 0.25) is 0 Å². The molecule has 8 heteroatoms. The van der Waals surface area contributed by atoms with Crippen molar-refractivity contribution in [2.24, 2.45) is 0 Å². The Kier molecular flexibility index (Phi) is 6.74. The van der Waals surface area contributed by atoms with E-state index >= 15 is 0 Å². The van der Waals surface area contributed by atoms with E-state index in [1.807, 2.05) is 42.2 Å². The van der Waals surface area contributed by atoms with E-state index in [9.17, 15) is 18.0 Å². The number of nitrogens with one attached hydrogen (secondary N) is 1. The van der Waals surface area contributed by atoms with E-state index in [0.29, 0.717) is 45.0 Å². The number of pyridine rings is 1. The molecule has 3 rings (SSSR count). The number of hydrogen-bond donors (Lipinski definition) is 1. The molecule has 0 bridgehead atoms. The van der Waals surface area contributed by atoms with Gasteiger partial charge in [-0.2, -0.15) is 13.2 Å². The van der Waals surface area contributed by atoms with Gasteiger partial charge in [-0.15, -0.1) is 0 Å². The number of piperazine rings is 1. The molecule has 1 N–H and O–H groups in total. The van der Waals surface area contributed by atoms with Gasteiger partial charge in [0.1, 0.15) is 5.82 Å². The number of carbonyl (C=O) groups excluding carboxylic acids is 1. The second kappa shape index (κ2) is 9.26. The summed E-state index contributed by atoms with van der Waals surface area (Å²) in [7, 11) is 0. The number of alkyl halides is 3. The van der Waals surface area contributed by atoms with Crippen LogP contribution in [0.1, 0.15) is 24.5 Å². The lowest BCUT2D eigenvalue weighted by atomic mass is 10.1. The average molecular weight is 406 g/mol. The van der Waals surface area contributed by atoms with E-state index in [1.165, 1.54) is 6.07 Å². The van der Waals surface area contributed by atoms with Crippen molar-refractivity contribution in [3.05, 3.63) is 59.8 Å². The third-order valence-corrected chi connectivity index (χ3v) is 5.15. The first-order valence-corrected chi connectivity index (χ1v) is 9.72. The first-order chi connectivity index (χ1) is 13.9. The van der Waals surface area contributed by atoms with Gasteiger partial charge in [0.25, 0.3) is 0 Å². The number of anilines is 1. The summed E-state index contributed by atoms with van der Waals surface area (Å²) < 4.78 is 38.1. The van der Waals surface area contributed by atoms with E-state index in [-0.39, 0.29) is 11.9 Å². The van der Waals surface area contributed by atoms with Gasteiger partial charge in [0, 0.05) is 38.9 Å². The van der Waals surface area contributed by atoms with Gasteiger partial charge >= 0.3 is 6.18 Å². The number of nitrogens with zero attached hydrogens (tertiary/aromatic N) is 3. The molecule has 1 aliphatic heterocycles. The quantitative estimate of drug-likeness (QED) is 0.800. The molecule has 1 aliphatic rings. The van der Waals surface area contributed by atoms with Gasteiger partial charge in [0.15, 0.2) is 0 Å². The normalized spacial score (nSPS) is 16.5. The Hall–Kier alpha value is -2.61. The average Bonchev–Trinajstić information content (AvgIpc) is 2.73. The lowest BCUT2D eigenvalue weighted by molar-refractivity contribution is -0.137. The van der Waals surface area contributed by atoms with Gasteiger partial charge in [-0.05, 0) is 24.1 Å². The molecule has 1 aromatic carbocycles. The Labute approximate surface area is 168 Å². The monoisotopic (exact) mass is 406 g/mol. The fourth-order valence-corrected chi connectivity index (χ4v) is 3.52. The largest absolute Gasteiger partial charge is 0.417 e. The maximum atomic E-state index is 12.7. The predicted molar refractivity (Wildman–Crippen MR) is 105 cm³/mol. The van der Waals surface area contributed by atoms with Crippen molar-refractivity contribution in [2.75, 3.05) is 31.1 Å². The second-order valence-electron chi connectivity index (χ2n) is 7.05. The fourth-order valence-electron chi connectivity index (χ4n) is 3.52. The molecule has 0 radical (unpaired) electrons. The molecular formula is C21H25F3N4O. The van der Waals surface area contributed by atoms with Gasteiger partial charge in [-0.25, -0.2) is 4.98 Å². The zero-order valence-electron chi connectivity index (χ0n) is 16.3. The van der Waals surface area contributed by atoms with Crippen LogP contribution in [0.15, 0.2) is 48.7 Å². The molecular weight excluding hydrogens is 381 g/mol. The van der Waals surface area contributed by atoms with Gasteiger partial charge in [-0.1, -0.05) is 37.3 Å². The lowest BCUT2D eigenvalue weighted by Crippen LogP contribution is -2.54. The minimum Gasteiger partial charge on any atom is -0.354 e. The van der Waals surface area contributed by atoms with Crippen LogP contribution in [0.25, 0.3) is 0 Å². The molecule has 2 heterocycles. The second-order valence-corrected chi connectivity index (χ2v) is 7.05. The summed E-state index contributed by atoms with van der Waals surface area (Å²) in [6, 6.07) is 12.0. The van der Waals surface area contributed by atoms with Gasteiger partial charge < -0.3 is 10.2 Å².